The number of hydrogen-bond donors (Lipinski definition) is 1. The fourth-order valence-corrected chi connectivity index (χ4v) is 1.87. The molecule has 1 atom stereocenters. The van der Waals surface area contributed by atoms with Gasteiger partial charge in [-0.1, -0.05) is 13.8 Å². The Hall–Kier alpha value is -1.32. The quantitative estimate of drug-likeness (QED) is 0.842. The third-order valence-electron chi connectivity index (χ3n) is 3.41. The van der Waals surface area contributed by atoms with Crippen LogP contribution in [0.2, 0.25) is 0 Å². The van der Waals surface area contributed by atoms with Crippen LogP contribution in [0, 0.1) is 6.92 Å². The molecule has 0 aromatic carbocycles. The summed E-state index contributed by atoms with van der Waals surface area (Å²) in [6.45, 7) is 11.6. The summed E-state index contributed by atoms with van der Waals surface area (Å²) in [5.74, 6) is 2.92. The maximum absolute atomic E-state index is 4.68. The Labute approximate surface area is 111 Å². The molecule has 0 fully saturated rings. The van der Waals surface area contributed by atoms with Gasteiger partial charge in [0.25, 0.3) is 0 Å². The standard InChI is InChI=1S/C14H26N4/c1-7-10(4)18(6)14-11(5)13(15-9-3)16-12(8-2)17-14/h10H,7-9H2,1-6H3,(H,15,16,17). The van der Waals surface area contributed by atoms with Crippen LogP contribution in [0.25, 0.3) is 0 Å². The van der Waals surface area contributed by atoms with Crippen LogP contribution in [0.1, 0.15) is 45.5 Å². The summed E-state index contributed by atoms with van der Waals surface area (Å²) in [6.07, 6.45) is 1.97. The van der Waals surface area contributed by atoms with Crippen molar-refractivity contribution in [2.45, 2.75) is 53.5 Å². The van der Waals surface area contributed by atoms with Crippen LogP contribution in [0.4, 0.5) is 11.6 Å². The van der Waals surface area contributed by atoms with Crippen LogP contribution in [0.15, 0.2) is 0 Å². The molecule has 4 heteroatoms. The van der Waals surface area contributed by atoms with Crippen molar-refractivity contribution in [3.8, 4) is 0 Å². The molecule has 0 aliphatic heterocycles. The summed E-state index contributed by atoms with van der Waals surface area (Å²) >= 11 is 0. The Morgan fingerprint density at radius 2 is 1.89 bits per heavy atom. The second-order valence-corrected chi connectivity index (χ2v) is 4.69. The van der Waals surface area contributed by atoms with Gasteiger partial charge in [0.1, 0.15) is 17.5 Å². The van der Waals surface area contributed by atoms with E-state index in [-0.39, 0.29) is 0 Å². The SMILES string of the molecule is CCNc1nc(CC)nc(N(C)C(C)CC)c1C. The summed E-state index contributed by atoms with van der Waals surface area (Å²) in [5, 5.41) is 3.32. The largest absolute Gasteiger partial charge is 0.370 e. The van der Waals surface area contributed by atoms with Gasteiger partial charge in [0.15, 0.2) is 0 Å². The van der Waals surface area contributed by atoms with Gasteiger partial charge in [-0.3, -0.25) is 0 Å². The van der Waals surface area contributed by atoms with E-state index in [9.17, 15) is 0 Å². The first kappa shape index (κ1) is 14.7. The first-order valence-corrected chi connectivity index (χ1v) is 6.89. The average molecular weight is 250 g/mol. The van der Waals surface area contributed by atoms with Crippen LogP contribution >= 0.6 is 0 Å². The molecule has 0 aliphatic rings. The number of hydrogen-bond acceptors (Lipinski definition) is 4. The molecule has 18 heavy (non-hydrogen) atoms. The number of anilines is 2. The molecule has 1 unspecified atom stereocenters. The van der Waals surface area contributed by atoms with Crippen molar-refractivity contribution in [1.29, 1.82) is 0 Å². The molecule has 1 heterocycles. The third-order valence-corrected chi connectivity index (χ3v) is 3.41. The first-order valence-electron chi connectivity index (χ1n) is 6.89. The summed E-state index contributed by atoms with van der Waals surface area (Å²) < 4.78 is 0. The van der Waals surface area contributed by atoms with Crippen LogP contribution in [-0.2, 0) is 6.42 Å². The van der Waals surface area contributed by atoms with Gasteiger partial charge in [-0.2, -0.15) is 0 Å². The lowest BCUT2D eigenvalue weighted by atomic mass is 10.2. The molecule has 1 aromatic rings. The average Bonchev–Trinajstić information content (AvgIpc) is 2.39. The van der Waals surface area contributed by atoms with Crippen molar-refractivity contribution in [1.82, 2.24) is 9.97 Å². The summed E-state index contributed by atoms with van der Waals surface area (Å²) in [4.78, 5) is 11.5. The molecular formula is C14H26N4. The molecule has 0 saturated carbocycles. The summed E-state index contributed by atoms with van der Waals surface area (Å²) in [6, 6.07) is 0.484. The minimum Gasteiger partial charge on any atom is -0.370 e. The Bertz CT molecular complexity index is 390. The highest BCUT2D eigenvalue weighted by Gasteiger charge is 2.16. The molecule has 1 N–H and O–H groups in total. The van der Waals surface area contributed by atoms with Crippen molar-refractivity contribution >= 4 is 11.6 Å². The Balaban J connectivity index is 3.20. The predicted octanol–water partition coefficient (Wildman–Crippen LogP) is 3.01. The first-order chi connectivity index (χ1) is 8.54. The maximum Gasteiger partial charge on any atom is 0.137 e. The predicted molar refractivity (Wildman–Crippen MR) is 78.5 cm³/mol. The highest BCUT2D eigenvalue weighted by Crippen LogP contribution is 2.24. The van der Waals surface area contributed by atoms with Crippen molar-refractivity contribution in [3.05, 3.63) is 11.4 Å². The topological polar surface area (TPSA) is 41.1 Å². The van der Waals surface area contributed by atoms with Gasteiger partial charge in [0, 0.05) is 31.6 Å². The van der Waals surface area contributed by atoms with Crippen molar-refractivity contribution in [2.24, 2.45) is 0 Å². The smallest absolute Gasteiger partial charge is 0.137 e. The molecule has 0 saturated heterocycles. The molecule has 0 spiro atoms. The lowest BCUT2D eigenvalue weighted by Crippen LogP contribution is -2.30. The zero-order chi connectivity index (χ0) is 13.7. The molecule has 0 bridgehead atoms. The van der Waals surface area contributed by atoms with E-state index >= 15 is 0 Å². The van der Waals surface area contributed by atoms with Gasteiger partial charge in [-0.25, -0.2) is 9.97 Å². The van der Waals surface area contributed by atoms with E-state index in [4.69, 9.17) is 0 Å². The number of nitrogens with zero attached hydrogens (tertiary/aromatic N) is 3. The van der Waals surface area contributed by atoms with Gasteiger partial charge in [0.05, 0.1) is 0 Å². The number of aromatic nitrogens is 2. The summed E-state index contributed by atoms with van der Waals surface area (Å²) in [7, 11) is 2.11. The lowest BCUT2D eigenvalue weighted by Gasteiger charge is -2.27. The Kier molecular flexibility index (Phi) is 5.38. The number of rotatable bonds is 6. The van der Waals surface area contributed by atoms with Crippen molar-refractivity contribution < 1.29 is 0 Å². The van der Waals surface area contributed by atoms with Gasteiger partial charge >= 0.3 is 0 Å². The Morgan fingerprint density at radius 1 is 1.22 bits per heavy atom. The van der Waals surface area contributed by atoms with E-state index in [2.05, 4.69) is 61.9 Å². The second kappa shape index (κ2) is 6.57. The molecule has 1 rings (SSSR count). The van der Waals surface area contributed by atoms with Crippen molar-refractivity contribution in [2.75, 3.05) is 23.8 Å². The monoisotopic (exact) mass is 250 g/mol. The fourth-order valence-electron chi connectivity index (χ4n) is 1.87. The third kappa shape index (κ3) is 3.12. The highest BCUT2D eigenvalue weighted by molar-refractivity contribution is 5.58. The molecule has 4 nitrogen and oxygen atoms in total. The molecular weight excluding hydrogens is 224 g/mol. The van der Waals surface area contributed by atoms with E-state index in [1.54, 1.807) is 0 Å². The van der Waals surface area contributed by atoms with Gasteiger partial charge < -0.3 is 10.2 Å². The Morgan fingerprint density at radius 3 is 2.39 bits per heavy atom. The van der Waals surface area contributed by atoms with Crippen LogP contribution in [-0.4, -0.2) is 29.6 Å². The van der Waals surface area contributed by atoms with Gasteiger partial charge in [0.2, 0.25) is 0 Å². The zero-order valence-corrected chi connectivity index (χ0v) is 12.5. The van der Waals surface area contributed by atoms with Crippen molar-refractivity contribution in [3.63, 3.8) is 0 Å². The van der Waals surface area contributed by atoms with Crippen LogP contribution < -0.4 is 10.2 Å². The molecule has 1 aromatic heterocycles. The lowest BCUT2D eigenvalue weighted by molar-refractivity contribution is 0.652. The number of nitrogens with one attached hydrogen (secondary N) is 1. The maximum atomic E-state index is 4.68. The second-order valence-electron chi connectivity index (χ2n) is 4.69. The van der Waals surface area contributed by atoms with E-state index in [1.165, 1.54) is 0 Å². The van der Waals surface area contributed by atoms with E-state index in [0.29, 0.717) is 6.04 Å². The van der Waals surface area contributed by atoms with E-state index in [1.807, 2.05) is 0 Å². The number of aryl methyl sites for hydroxylation is 1. The molecule has 0 amide bonds. The minimum absolute atomic E-state index is 0.484. The van der Waals surface area contributed by atoms with E-state index in [0.717, 1.165) is 42.4 Å². The highest BCUT2D eigenvalue weighted by atomic mass is 15.2. The summed E-state index contributed by atoms with van der Waals surface area (Å²) in [5.41, 5.74) is 1.14. The molecule has 0 aliphatic carbocycles. The molecule has 0 radical (unpaired) electrons. The van der Waals surface area contributed by atoms with Gasteiger partial charge in [-0.05, 0) is 27.2 Å². The minimum atomic E-state index is 0.484. The van der Waals surface area contributed by atoms with Gasteiger partial charge in [-0.15, -0.1) is 0 Å². The van der Waals surface area contributed by atoms with Crippen LogP contribution in [0.5, 0.6) is 0 Å². The zero-order valence-electron chi connectivity index (χ0n) is 12.5. The van der Waals surface area contributed by atoms with E-state index < -0.39 is 0 Å². The fraction of sp³-hybridized carbons (Fsp3) is 0.714. The van der Waals surface area contributed by atoms with Crippen LogP contribution in [0.3, 0.4) is 0 Å². The normalized spacial score (nSPS) is 12.3. The molecule has 102 valence electrons.